The van der Waals surface area contributed by atoms with Gasteiger partial charge < -0.3 is 10.2 Å². The van der Waals surface area contributed by atoms with Gasteiger partial charge in [-0.05, 0) is 26.4 Å². The van der Waals surface area contributed by atoms with E-state index in [-0.39, 0.29) is 0 Å². The Morgan fingerprint density at radius 2 is 2.50 bits per heavy atom. The van der Waals surface area contributed by atoms with Crippen molar-refractivity contribution in [3.8, 4) is 12.3 Å². The van der Waals surface area contributed by atoms with Crippen LogP contribution in [0.25, 0.3) is 0 Å². The molecule has 0 radical (unpaired) electrons. The fraction of sp³-hybridized carbons (Fsp3) is 0.800. The second-order valence-corrected chi connectivity index (χ2v) is 3.46. The Morgan fingerprint density at radius 1 is 1.67 bits per heavy atom. The number of nitrogens with one attached hydrogen (secondary N) is 1. The summed E-state index contributed by atoms with van der Waals surface area (Å²) in [6.07, 6.45) is 7.35. The summed E-state index contributed by atoms with van der Waals surface area (Å²) >= 11 is 0. The van der Waals surface area contributed by atoms with Crippen molar-refractivity contribution in [1.82, 2.24) is 10.2 Å². The molecular weight excluding hydrogens is 148 g/mol. The Kier molecular flexibility index (Phi) is 4.13. The fourth-order valence-electron chi connectivity index (χ4n) is 1.62. The normalized spacial score (nSPS) is 26.2. The van der Waals surface area contributed by atoms with E-state index >= 15 is 0 Å². The molecule has 0 saturated carbocycles. The molecule has 68 valence electrons. The zero-order chi connectivity index (χ0) is 8.81. The average molecular weight is 166 g/mol. The topological polar surface area (TPSA) is 15.3 Å². The Bertz CT molecular complexity index is 160. The van der Waals surface area contributed by atoms with Crippen LogP contribution in [0.5, 0.6) is 0 Å². The van der Waals surface area contributed by atoms with Gasteiger partial charge in [-0.1, -0.05) is 0 Å². The smallest absolute Gasteiger partial charge is 0.0214 e. The van der Waals surface area contributed by atoms with Crippen LogP contribution in [-0.4, -0.2) is 37.1 Å². The van der Waals surface area contributed by atoms with Gasteiger partial charge in [0.25, 0.3) is 0 Å². The Labute approximate surface area is 75.3 Å². The molecule has 1 saturated heterocycles. The molecule has 1 fully saturated rings. The molecule has 1 heterocycles. The van der Waals surface area contributed by atoms with E-state index in [2.05, 4.69) is 23.1 Å². The van der Waals surface area contributed by atoms with Crippen LogP contribution in [0.2, 0.25) is 0 Å². The minimum Gasteiger partial charge on any atom is -0.313 e. The van der Waals surface area contributed by atoms with Crippen LogP contribution in [0.15, 0.2) is 0 Å². The zero-order valence-electron chi connectivity index (χ0n) is 7.84. The minimum atomic E-state index is 0.616. The molecule has 1 unspecified atom stereocenters. The van der Waals surface area contributed by atoms with Crippen LogP contribution in [0.3, 0.4) is 0 Å². The van der Waals surface area contributed by atoms with Crippen molar-refractivity contribution in [3.05, 3.63) is 0 Å². The van der Waals surface area contributed by atoms with E-state index in [4.69, 9.17) is 6.42 Å². The van der Waals surface area contributed by atoms with Crippen molar-refractivity contribution in [2.24, 2.45) is 0 Å². The third-order valence-corrected chi connectivity index (χ3v) is 2.25. The predicted molar refractivity (Wildman–Crippen MR) is 52.0 cm³/mol. The number of hydrogen-bond acceptors (Lipinski definition) is 2. The molecular formula is C10H18N2. The maximum Gasteiger partial charge on any atom is 0.0214 e. The number of rotatable bonds is 2. The third kappa shape index (κ3) is 3.25. The minimum absolute atomic E-state index is 0.616. The lowest BCUT2D eigenvalue weighted by molar-refractivity contribution is 0.279. The Morgan fingerprint density at radius 3 is 3.25 bits per heavy atom. The van der Waals surface area contributed by atoms with Crippen molar-refractivity contribution in [2.45, 2.75) is 25.8 Å². The highest BCUT2D eigenvalue weighted by molar-refractivity contribution is 4.85. The second kappa shape index (κ2) is 5.18. The summed E-state index contributed by atoms with van der Waals surface area (Å²) in [7, 11) is 0. The summed E-state index contributed by atoms with van der Waals surface area (Å²) in [5.41, 5.74) is 0. The van der Waals surface area contributed by atoms with Gasteiger partial charge in [-0.25, -0.2) is 0 Å². The molecule has 0 amide bonds. The Balaban J connectivity index is 2.27. The lowest BCUT2D eigenvalue weighted by Crippen LogP contribution is -2.35. The van der Waals surface area contributed by atoms with Gasteiger partial charge in [0.05, 0.1) is 0 Å². The first-order chi connectivity index (χ1) is 5.83. The maximum atomic E-state index is 5.23. The van der Waals surface area contributed by atoms with E-state index in [1.54, 1.807) is 0 Å². The number of terminal acetylenes is 1. The second-order valence-electron chi connectivity index (χ2n) is 3.46. The highest BCUT2D eigenvalue weighted by Gasteiger charge is 2.12. The molecule has 2 heteroatoms. The Hall–Kier alpha value is -0.520. The van der Waals surface area contributed by atoms with Gasteiger partial charge in [0, 0.05) is 25.6 Å². The highest BCUT2D eigenvalue weighted by atomic mass is 15.2. The molecule has 0 aliphatic carbocycles. The van der Waals surface area contributed by atoms with Gasteiger partial charge in [0.15, 0.2) is 0 Å². The first kappa shape index (κ1) is 9.57. The molecule has 0 spiro atoms. The zero-order valence-corrected chi connectivity index (χ0v) is 7.84. The van der Waals surface area contributed by atoms with Gasteiger partial charge in [-0.3, -0.25) is 0 Å². The average Bonchev–Trinajstić information content (AvgIpc) is 2.26. The van der Waals surface area contributed by atoms with E-state index in [0.717, 1.165) is 26.1 Å². The maximum absolute atomic E-state index is 5.23. The summed E-state index contributed by atoms with van der Waals surface area (Å²) in [5.74, 6) is 2.69. The van der Waals surface area contributed by atoms with Crippen molar-refractivity contribution < 1.29 is 0 Å². The van der Waals surface area contributed by atoms with Crippen molar-refractivity contribution in [2.75, 3.05) is 26.2 Å². The molecule has 1 aliphatic heterocycles. The van der Waals surface area contributed by atoms with Gasteiger partial charge in [-0.2, -0.15) is 0 Å². The SMILES string of the molecule is C#CCCN1CCCNC(C)C1. The van der Waals surface area contributed by atoms with E-state index < -0.39 is 0 Å². The van der Waals surface area contributed by atoms with Crippen molar-refractivity contribution in [3.63, 3.8) is 0 Å². The van der Waals surface area contributed by atoms with E-state index in [1.165, 1.54) is 13.0 Å². The first-order valence-corrected chi connectivity index (χ1v) is 4.72. The van der Waals surface area contributed by atoms with Gasteiger partial charge in [0.1, 0.15) is 0 Å². The van der Waals surface area contributed by atoms with Crippen LogP contribution in [0, 0.1) is 12.3 Å². The van der Waals surface area contributed by atoms with Crippen LogP contribution < -0.4 is 5.32 Å². The molecule has 2 nitrogen and oxygen atoms in total. The molecule has 12 heavy (non-hydrogen) atoms. The monoisotopic (exact) mass is 166 g/mol. The van der Waals surface area contributed by atoms with Crippen LogP contribution >= 0.6 is 0 Å². The quantitative estimate of drug-likeness (QED) is 0.607. The highest BCUT2D eigenvalue weighted by Crippen LogP contribution is 2.00. The number of nitrogens with zero attached hydrogens (tertiary/aromatic N) is 1. The summed E-state index contributed by atoms with van der Waals surface area (Å²) in [6, 6.07) is 0.616. The molecule has 1 atom stereocenters. The third-order valence-electron chi connectivity index (χ3n) is 2.25. The summed E-state index contributed by atoms with van der Waals surface area (Å²) in [5, 5.41) is 3.46. The predicted octanol–water partition coefficient (Wildman–Crippen LogP) is 0.694. The van der Waals surface area contributed by atoms with Crippen LogP contribution in [0.1, 0.15) is 19.8 Å². The lowest BCUT2D eigenvalue weighted by atomic mass is 10.3. The molecule has 0 aromatic heterocycles. The lowest BCUT2D eigenvalue weighted by Gasteiger charge is -2.20. The first-order valence-electron chi connectivity index (χ1n) is 4.72. The van der Waals surface area contributed by atoms with Crippen molar-refractivity contribution >= 4 is 0 Å². The van der Waals surface area contributed by atoms with Gasteiger partial charge in [0.2, 0.25) is 0 Å². The van der Waals surface area contributed by atoms with Crippen LogP contribution in [-0.2, 0) is 0 Å². The van der Waals surface area contributed by atoms with Crippen molar-refractivity contribution in [1.29, 1.82) is 0 Å². The van der Waals surface area contributed by atoms with Gasteiger partial charge >= 0.3 is 0 Å². The molecule has 1 N–H and O–H groups in total. The summed E-state index contributed by atoms with van der Waals surface area (Å²) in [4.78, 5) is 2.45. The van der Waals surface area contributed by atoms with Crippen LogP contribution in [0.4, 0.5) is 0 Å². The standard InChI is InChI=1S/C10H18N2/c1-3-4-7-12-8-5-6-11-10(2)9-12/h1,10-11H,4-9H2,2H3. The fourth-order valence-corrected chi connectivity index (χ4v) is 1.62. The molecule has 0 aromatic rings. The van der Waals surface area contributed by atoms with Gasteiger partial charge in [-0.15, -0.1) is 12.3 Å². The van der Waals surface area contributed by atoms with E-state index in [9.17, 15) is 0 Å². The largest absolute Gasteiger partial charge is 0.313 e. The molecule has 0 aromatic carbocycles. The summed E-state index contributed by atoms with van der Waals surface area (Å²) in [6.45, 7) is 6.77. The van der Waals surface area contributed by atoms with E-state index in [1.807, 2.05) is 0 Å². The molecule has 0 bridgehead atoms. The molecule has 1 rings (SSSR count). The number of hydrogen-bond donors (Lipinski definition) is 1. The summed E-state index contributed by atoms with van der Waals surface area (Å²) < 4.78 is 0. The molecule has 1 aliphatic rings. The van der Waals surface area contributed by atoms with E-state index in [0.29, 0.717) is 6.04 Å².